The van der Waals surface area contributed by atoms with Gasteiger partial charge in [0.15, 0.2) is 11.9 Å². The third kappa shape index (κ3) is 30.1. The standard InChI is InChI=1S/2C9H11NO2.C7H15NO3.C6H13NO2.2C4H7N3O/c2*10-8(9(11)12)6-7-4-2-1-3-5-7;1-8(2,3)5-6(9)4-7(10)11;1-4(2)3-5(7)6(8)9;2*1-7-2-3(8)6-4(7)5/h2*1-5,8H,6,10H2,(H,11,12);6,9H,4-5H2,1-3H3;4-5H,3,7H2,1-2H3,(H,8,9);2*2H2,1H3,(H2,5,6,8)/t2*8-;;;;/m00..../s1. The predicted molar refractivity (Wildman–Crippen MR) is 222 cm³/mol. The van der Waals surface area contributed by atoms with Gasteiger partial charge in [-0.05, 0) is 36.3 Å². The molecule has 0 saturated carbocycles. The Morgan fingerprint density at radius 3 is 1.23 bits per heavy atom. The fraction of sp³-hybridized carbons (Fsp3) is 0.487. The molecule has 14 N–H and O–H groups in total. The van der Waals surface area contributed by atoms with E-state index in [0.717, 1.165) is 11.1 Å². The van der Waals surface area contributed by atoms with E-state index in [0.29, 0.717) is 49.3 Å². The largest absolute Gasteiger partial charge is 0.550 e. The summed E-state index contributed by atoms with van der Waals surface area (Å²) >= 11 is 0. The van der Waals surface area contributed by atoms with Crippen LogP contribution in [0.1, 0.15) is 37.8 Å². The lowest BCUT2D eigenvalue weighted by Gasteiger charge is -2.26. The molecule has 2 aromatic carbocycles. The molecule has 0 bridgehead atoms. The summed E-state index contributed by atoms with van der Waals surface area (Å²) < 4.78 is 0.550. The monoisotopic (exact) mass is 848 g/mol. The van der Waals surface area contributed by atoms with Crippen molar-refractivity contribution in [3.05, 3.63) is 71.8 Å². The number of hydrogen-bond acceptors (Lipinski definition) is 13. The van der Waals surface area contributed by atoms with Crippen LogP contribution in [0.2, 0.25) is 0 Å². The van der Waals surface area contributed by atoms with Gasteiger partial charge in [0.05, 0.1) is 34.2 Å². The number of carboxylic acid groups (broad SMARTS) is 4. The Kier molecular flexibility index (Phi) is 27.3. The second kappa shape index (κ2) is 29.2. The number of aliphatic carboxylic acids is 4. The smallest absolute Gasteiger partial charge is 0.320 e. The zero-order valence-electron chi connectivity index (χ0n) is 35.3. The van der Waals surface area contributed by atoms with Crippen LogP contribution in [0.4, 0.5) is 0 Å². The molecule has 2 fully saturated rings. The van der Waals surface area contributed by atoms with Crippen molar-refractivity contribution in [3.63, 3.8) is 0 Å². The molecule has 2 heterocycles. The van der Waals surface area contributed by atoms with Crippen molar-refractivity contribution in [2.45, 2.75) is 63.8 Å². The minimum atomic E-state index is -1.20. The van der Waals surface area contributed by atoms with Gasteiger partial charge < -0.3 is 61.8 Å². The lowest BCUT2D eigenvalue weighted by Crippen LogP contribution is -2.43. The fourth-order valence-electron chi connectivity index (χ4n) is 4.53. The first-order chi connectivity index (χ1) is 27.6. The van der Waals surface area contributed by atoms with Crippen LogP contribution in [0.15, 0.2) is 60.7 Å². The zero-order chi connectivity index (χ0) is 46.7. The van der Waals surface area contributed by atoms with E-state index in [1.54, 1.807) is 23.9 Å². The molecule has 0 aliphatic carbocycles. The molecule has 2 unspecified atom stereocenters. The van der Waals surface area contributed by atoms with Gasteiger partial charge in [-0.25, -0.2) is 0 Å². The molecular weight excluding hydrogens is 784 g/mol. The second-order valence-corrected chi connectivity index (χ2v) is 15.1. The molecule has 2 saturated heterocycles. The topological polar surface area (TPSA) is 363 Å². The van der Waals surface area contributed by atoms with Gasteiger partial charge in [-0.15, -0.1) is 0 Å². The van der Waals surface area contributed by atoms with Crippen molar-refractivity contribution in [2.24, 2.45) is 23.1 Å². The van der Waals surface area contributed by atoms with E-state index in [2.05, 4.69) is 10.6 Å². The first-order valence-electron chi connectivity index (χ1n) is 18.5. The molecule has 2 aromatic rings. The molecule has 4 atom stereocenters. The maximum Gasteiger partial charge on any atom is 0.320 e. The van der Waals surface area contributed by atoms with Gasteiger partial charge in [-0.2, -0.15) is 0 Å². The number of amides is 2. The minimum Gasteiger partial charge on any atom is -0.550 e. The molecule has 2 aliphatic heterocycles. The summed E-state index contributed by atoms with van der Waals surface area (Å²) in [5, 5.41) is 63.1. The molecule has 21 nitrogen and oxygen atoms in total. The lowest BCUT2D eigenvalue weighted by atomic mass is 10.1. The molecule has 60 heavy (non-hydrogen) atoms. The quantitative estimate of drug-likeness (QED) is 0.0961. The first kappa shape index (κ1) is 56.1. The second-order valence-electron chi connectivity index (χ2n) is 15.1. The van der Waals surface area contributed by atoms with E-state index in [1.807, 2.05) is 95.7 Å². The predicted octanol–water partition coefficient (Wildman–Crippen LogP) is -2.11. The number of guanidine groups is 2. The highest BCUT2D eigenvalue weighted by atomic mass is 16.4. The summed E-state index contributed by atoms with van der Waals surface area (Å²) in [6.45, 7) is 4.96. The van der Waals surface area contributed by atoms with Crippen LogP contribution in [-0.4, -0.2) is 161 Å². The molecule has 21 heteroatoms. The Labute approximate surface area is 350 Å². The van der Waals surface area contributed by atoms with Crippen LogP contribution < -0.4 is 32.9 Å². The molecule has 2 amide bonds. The summed E-state index contributed by atoms with van der Waals surface area (Å²) in [5.41, 5.74) is 17.8. The van der Waals surface area contributed by atoms with Crippen molar-refractivity contribution < 1.29 is 58.8 Å². The third-order valence-corrected chi connectivity index (χ3v) is 7.48. The average molecular weight is 849 g/mol. The minimum absolute atomic E-state index is 0.0995. The van der Waals surface area contributed by atoms with Gasteiger partial charge in [0.25, 0.3) is 0 Å². The summed E-state index contributed by atoms with van der Waals surface area (Å²) in [7, 11) is 9.05. The molecule has 0 radical (unpaired) electrons. The number of nitrogens with zero attached hydrogens (tertiary/aromatic N) is 3. The summed E-state index contributed by atoms with van der Waals surface area (Å²) in [6.07, 6.45) is 0.233. The van der Waals surface area contributed by atoms with Gasteiger partial charge in [-0.3, -0.25) is 45.4 Å². The van der Waals surface area contributed by atoms with Gasteiger partial charge >= 0.3 is 17.9 Å². The van der Waals surface area contributed by atoms with Crippen LogP contribution in [0, 0.1) is 16.7 Å². The number of aliphatic hydroxyl groups excluding tert-OH is 1. The number of likely N-dealkylation sites (N-methyl/N-ethyl adjacent to an activating group) is 3. The summed E-state index contributed by atoms with van der Waals surface area (Å²) in [6, 6.07) is 16.4. The van der Waals surface area contributed by atoms with E-state index in [4.69, 9.17) is 48.4 Å². The van der Waals surface area contributed by atoms with E-state index < -0.39 is 48.1 Å². The van der Waals surface area contributed by atoms with Crippen molar-refractivity contribution in [1.82, 2.24) is 20.4 Å². The Morgan fingerprint density at radius 2 is 1.05 bits per heavy atom. The molecular formula is C39H64N10O11. The summed E-state index contributed by atoms with van der Waals surface area (Å²) in [5.74, 6) is -3.50. The highest BCUT2D eigenvalue weighted by Gasteiger charge is 2.20. The van der Waals surface area contributed by atoms with Crippen molar-refractivity contribution in [2.75, 3.05) is 54.9 Å². The van der Waals surface area contributed by atoms with Crippen LogP contribution in [0.25, 0.3) is 0 Å². The number of nitrogens with two attached hydrogens (primary N) is 3. The number of nitrogens with one attached hydrogen (secondary N) is 4. The van der Waals surface area contributed by atoms with Crippen molar-refractivity contribution >= 4 is 47.6 Å². The van der Waals surface area contributed by atoms with E-state index in [9.17, 15) is 33.9 Å². The molecule has 0 aromatic heterocycles. The van der Waals surface area contributed by atoms with Crippen LogP contribution in [0.5, 0.6) is 0 Å². The molecule has 4 rings (SSSR count). The van der Waals surface area contributed by atoms with E-state index >= 15 is 0 Å². The number of rotatable bonds is 13. The first-order valence-corrected chi connectivity index (χ1v) is 18.5. The van der Waals surface area contributed by atoms with Crippen molar-refractivity contribution in [3.8, 4) is 0 Å². The fourth-order valence-corrected chi connectivity index (χ4v) is 4.53. The van der Waals surface area contributed by atoms with Gasteiger partial charge in [0, 0.05) is 26.5 Å². The Balaban J connectivity index is 0. The highest BCUT2D eigenvalue weighted by molar-refractivity contribution is 6.03. The number of benzene rings is 2. The number of hydrogen-bond donors (Lipinski definition) is 11. The maximum atomic E-state index is 10.4. The van der Waals surface area contributed by atoms with Gasteiger partial charge in [0.1, 0.15) is 30.8 Å². The molecule has 2 aliphatic rings. The Bertz CT molecular complexity index is 1570. The Hall–Kier alpha value is -6.00. The van der Waals surface area contributed by atoms with Gasteiger partial charge in [-0.1, -0.05) is 74.5 Å². The van der Waals surface area contributed by atoms with Gasteiger partial charge in [0.2, 0.25) is 11.8 Å². The number of aliphatic hydroxyl groups is 1. The zero-order valence-corrected chi connectivity index (χ0v) is 35.3. The van der Waals surface area contributed by atoms with Crippen LogP contribution in [0.3, 0.4) is 0 Å². The van der Waals surface area contributed by atoms with Crippen LogP contribution >= 0.6 is 0 Å². The van der Waals surface area contributed by atoms with E-state index in [1.165, 1.54) is 0 Å². The molecule has 336 valence electrons. The SMILES string of the molecule is CC(C)CC(N)C(=O)O.CN1CC(=O)NC1=N.CN1CC(=O)NC1=N.C[N+](C)(C)CC(O)CC(=O)[O-].N[C@@H](Cc1ccccc1)C(=O)O.N[C@@H](Cc1ccccc1)C(=O)O. The number of carbonyl (C=O) groups excluding carboxylic acids is 3. The summed E-state index contributed by atoms with van der Waals surface area (Å²) in [4.78, 5) is 64.7. The normalized spacial score (nSPS) is 14.9. The van der Waals surface area contributed by atoms with Crippen LogP contribution in [-0.2, 0) is 41.6 Å². The Morgan fingerprint density at radius 1 is 0.717 bits per heavy atom. The number of carboxylic acids is 4. The number of carbonyl (C=O) groups is 6. The van der Waals surface area contributed by atoms with E-state index in [-0.39, 0.29) is 30.2 Å². The number of quaternary nitrogens is 1. The third-order valence-electron chi connectivity index (χ3n) is 7.48. The lowest BCUT2D eigenvalue weighted by molar-refractivity contribution is -0.873. The highest BCUT2D eigenvalue weighted by Crippen LogP contribution is 2.03. The van der Waals surface area contributed by atoms with Crippen molar-refractivity contribution in [1.29, 1.82) is 10.8 Å². The average Bonchev–Trinajstić information content (AvgIpc) is 3.59. The maximum absolute atomic E-state index is 10.4. The molecule has 0 spiro atoms.